The van der Waals surface area contributed by atoms with E-state index in [0.29, 0.717) is 0 Å². The zero-order chi connectivity index (χ0) is 11.5. The first-order chi connectivity index (χ1) is 7.66. The van der Waals surface area contributed by atoms with Gasteiger partial charge in [0.2, 0.25) is 0 Å². The van der Waals surface area contributed by atoms with Crippen molar-refractivity contribution in [1.29, 1.82) is 0 Å². The van der Waals surface area contributed by atoms with Gasteiger partial charge in [-0.05, 0) is 50.1 Å². The molecular weight excluding hydrogens is 200 g/mol. The Morgan fingerprint density at radius 3 is 2.81 bits per heavy atom. The Morgan fingerprint density at radius 2 is 2.19 bits per heavy atom. The second-order valence-corrected chi connectivity index (χ2v) is 4.46. The predicted octanol–water partition coefficient (Wildman–Crippen LogP) is 1.40. The normalized spacial score (nSPS) is 19.8. The van der Waals surface area contributed by atoms with Gasteiger partial charge in [-0.2, -0.15) is 0 Å². The van der Waals surface area contributed by atoms with Crippen LogP contribution in [-0.4, -0.2) is 25.0 Å². The van der Waals surface area contributed by atoms with E-state index in [1.54, 1.807) is 0 Å². The predicted molar refractivity (Wildman–Crippen MR) is 64.7 cm³/mol. The van der Waals surface area contributed by atoms with Crippen LogP contribution in [0.25, 0.3) is 0 Å². The summed E-state index contributed by atoms with van der Waals surface area (Å²) in [6.45, 7) is 5.97. The van der Waals surface area contributed by atoms with E-state index in [-0.39, 0.29) is 11.9 Å². The van der Waals surface area contributed by atoms with Gasteiger partial charge < -0.3 is 10.6 Å². The summed E-state index contributed by atoms with van der Waals surface area (Å²) in [4.78, 5) is 11.9. The molecule has 0 unspecified atom stereocenters. The van der Waals surface area contributed by atoms with Gasteiger partial charge in [-0.15, -0.1) is 0 Å². The van der Waals surface area contributed by atoms with Gasteiger partial charge in [-0.25, -0.2) is 0 Å². The number of hydrogen-bond acceptors (Lipinski definition) is 2. The van der Waals surface area contributed by atoms with Gasteiger partial charge in [0.05, 0.1) is 0 Å². The lowest BCUT2D eigenvalue weighted by molar-refractivity contribution is 0.0940. The highest BCUT2D eigenvalue weighted by molar-refractivity contribution is 5.94. The molecule has 86 valence electrons. The number of hydrogen-bond donors (Lipinski definition) is 2. The second kappa shape index (κ2) is 4.66. The molecule has 0 aliphatic carbocycles. The lowest BCUT2D eigenvalue weighted by atomic mass is 10.1. The number of aryl methyl sites for hydroxylation is 2. The minimum atomic E-state index is 0.0387. The van der Waals surface area contributed by atoms with E-state index in [9.17, 15) is 4.79 Å². The molecule has 0 radical (unpaired) electrons. The van der Waals surface area contributed by atoms with E-state index < -0.39 is 0 Å². The molecule has 0 aromatic heterocycles. The lowest BCUT2D eigenvalue weighted by Gasteiger charge is -2.12. The van der Waals surface area contributed by atoms with Crippen LogP contribution in [0.2, 0.25) is 0 Å². The Morgan fingerprint density at radius 1 is 1.38 bits per heavy atom. The quantitative estimate of drug-likeness (QED) is 0.787. The van der Waals surface area contributed by atoms with Crippen molar-refractivity contribution in [2.24, 2.45) is 0 Å². The van der Waals surface area contributed by atoms with E-state index in [0.717, 1.165) is 30.6 Å². The number of rotatable bonds is 2. The summed E-state index contributed by atoms with van der Waals surface area (Å²) in [6, 6.07) is 6.12. The molecule has 2 rings (SSSR count). The first-order valence-electron chi connectivity index (χ1n) is 5.75. The summed E-state index contributed by atoms with van der Waals surface area (Å²) in [5.74, 6) is 0.0387. The minimum absolute atomic E-state index is 0.0387. The molecule has 1 fully saturated rings. The fourth-order valence-corrected chi connectivity index (χ4v) is 1.93. The largest absolute Gasteiger partial charge is 0.348 e. The second-order valence-electron chi connectivity index (χ2n) is 4.46. The molecule has 1 atom stereocenters. The van der Waals surface area contributed by atoms with Crippen LogP contribution in [0.5, 0.6) is 0 Å². The third-order valence-corrected chi connectivity index (χ3v) is 3.16. The summed E-state index contributed by atoms with van der Waals surface area (Å²) < 4.78 is 0. The zero-order valence-electron chi connectivity index (χ0n) is 9.84. The Hall–Kier alpha value is -1.35. The zero-order valence-corrected chi connectivity index (χ0v) is 9.84. The Bertz CT molecular complexity index is 395. The van der Waals surface area contributed by atoms with Crippen molar-refractivity contribution in [2.45, 2.75) is 26.3 Å². The molecule has 1 heterocycles. The first kappa shape index (κ1) is 11.1. The van der Waals surface area contributed by atoms with Crippen LogP contribution in [0.4, 0.5) is 0 Å². The molecule has 3 nitrogen and oxygen atoms in total. The molecule has 1 saturated heterocycles. The third-order valence-electron chi connectivity index (χ3n) is 3.16. The van der Waals surface area contributed by atoms with Crippen molar-refractivity contribution >= 4 is 5.91 Å². The Balaban J connectivity index is 2.05. The SMILES string of the molecule is Cc1ccc(C(=O)N[C@@H]2CCNC2)cc1C. The van der Waals surface area contributed by atoms with Gasteiger partial charge in [0, 0.05) is 18.2 Å². The summed E-state index contributed by atoms with van der Waals surface area (Å²) >= 11 is 0. The highest BCUT2D eigenvalue weighted by Crippen LogP contribution is 2.10. The number of nitrogens with one attached hydrogen (secondary N) is 2. The smallest absolute Gasteiger partial charge is 0.251 e. The minimum Gasteiger partial charge on any atom is -0.348 e. The molecule has 3 heteroatoms. The van der Waals surface area contributed by atoms with Crippen LogP contribution in [0.15, 0.2) is 18.2 Å². The molecule has 1 aromatic carbocycles. The topological polar surface area (TPSA) is 41.1 Å². The van der Waals surface area contributed by atoms with E-state index >= 15 is 0 Å². The van der Waals surface area contributed by atoms with Crippen LogP contribution >= 0.6 is 0 Å². The van der Waals surface area contributed by atoms with Gasteiger partial charge in [0.25, 0.3) is 5.91 Å². The highest BCUT2D eigenvalue weighted by atomic mass is 16.1. The molecule has 1 aliphatic rings. The van der Waals surface area contributed by atoms with E-state index in [2.05, 4.69) is 17.6 Å². The van der Waals surface area contributed by atoms with E-state index in [4.69, 9.17) is 0 Å². The van der Waals surface area contributed by atoms with Gasteiger partial charge in [0.1, 0.15) is 0 Å². The maximum atomic E-state index is 11.9. The van der Waals surface area contributed by atoms with Gasteiger partial charge >= 0.3 is 0 Å². The number of carbonyl (C=O) groups excluding carboxylic acids is 1. The van der Waals surface area contributed by atoms with Crippen LogP contribution in [0, 0.1) is 13.8 Å². The van der Waals surface area contributed by atoms with Crippen molar-refractivity contribution < 1.29 is 4.79 Å². The summed E-state index contributed by atoms with van der Waals surface area (Å²) in [5.41, 5.74) is 3.14. The van der Waals surface area contributed by atoms with Crippen LogP contribution in [0.3, 0.4) is 0 Å². The summed E-state index contributed by atoms with van der Waals surface area (Å²) in [6.07, 6.45) is 1.02. The molecule has 1 aromatic rings. The van der Waals surface area contributed by atoms with Crippen molar-refractivity contribution in [2.75, 3.05) is 13.1 Å². The van der Waals surface area contributed by atoms with Crippen molar-refractivity contribution in [3.63, 3.8) is 0 Å². The molecule has 0 saturated carbocycles. The third kappa shape index (κ3) is 2.42. The Kier molecular flexibility index (Phi) is 3.25. The van der Waals surface area contributed by atoms with Gasteiger partial charge in [-0.1, -0.05) is 6.07 Å². The van der Waals surface area contributed by atoms with Crippen LogP contribution in [-0.2, 0) is 0 Å². The average Bonchev–Trinajstić information content (AvgIpc) is 2.74. The van der Waals surface area contributed by atoms with Crippen molar-refractivity contribution in [1.82, 2.24) is 10.6 Å². The molecular formula is C13H18N2O. The molecule has 16 heavy (non-hydrogen) atoms. The lowest BCUT2D eigenvalue weighted by Crippen LogP contribution is -2.36. The van der Waals surface area contributed by atoms with Crippen LogP contribution in [0.1, 0.15) is 27.9 Å². The monoisotopic (exact) mass is 218 g/mol. The molecule has 0 bridgehead atoms. The van der Waals surface area contributed by atoms with Gasteiger partial charge in [-0.3, -0.25) is 4.79 Å². The summed E-state index contributed by atoms with van der Waals surface area (Å²) in [7, 11) is 0. The van der Waals surface area contributed by atoms with Crippen molar-refractivity contribution in [3.05, 3.63) is 34.9 Å². The summed E-state index contributed by atoms with van der Waals surface area (Å²) in [5, 5.41) is 6.28. The molecule has 2 N–H and O–H groups in total. The van der Waals surface area contributed by atoms with E-state index in [1.165, 1.54) is 5.56 Å². The number of amides is 1. The first-order valence-corrected chi connectivity index (χ1v) is 5.75. The van der Waals surface area contributed by atoms with Crippen LogP contribution < -0.4 is 10.6 Å². The maximum absolute atomic E-state index is 11.9. The average molecular weight is 218 g/mol. The fraction of sp³-hybridized carbons (Fsp3) is 0.462. The molecule has 1 amide bonds. The Labute approximate surface area is 96.2 Å². The number of benzene rings is 1. The molecule has 1 aliphatic heterocycles. The van der Waals surface area contributed by atoms with E-state index in [1.807, 2.05) is 25.1 Å². The standard InChI is InChI=1S/C13H18N2O/c1-9-3-4-11(7-10(9)2)13(16)15-12-5-6-14-8-12/h3-4,7,12,14H,5-6,8H2,1-2H3,(H,15,16)/t12-/m1/s1. The molecule has 0 spiro atoms. The van der Waals surface area contributed by atoms with Crippen molar-refractivity contribution in [3.8, 4) is 0 Å². The highest BCUT2D eigenvalue weighted by Gasteiger charge is 2.17. The van der Waals surface area contributed by atoms with Gasteiger partial charge in [0.15, 0.2) is 0 Å². The maximum Gasteiger partial charge on any atom is 0.251 e. The number of carbonyl (C=O) groups is 1. The fourth-order valence-electron chi connectivity index (χ4n) is 1.93.